The quantitative estimate of drug-likeness (QED) is 0.599. The van der Waals surface area contributed by atoms with Crippen molar-refractivity contribution in [1.82, 2.24) is 0 Å². The molecule has 0 unspecified atom stereocenters. The molecule has 2 aromatic rings. The molecule has 0 spiro atoms. The van der Waals surface area contributed by atoms with Crippen LogP contribution in [0.15, 0.2) is 53.2 Å². The van der Waals surface area contributed by atoms with Crippen molar-refractivity contribution in [3.63, 3.8) is 0 Å². The Morgan fingerprint density at radius 2 is 1.96 bits per heavy atom. The fourth-order valence-corrected chi connectivity index (χ4v) is 2.48. The van der Waals surface area contributed by atoms with Gasteiger partial charge in [-0.25, -0.2) is 9.79 Å². The second-order valence-corrected chi connectivity index (χ2v) is 5.46. The van der Waals surface area contributed by atoms with Crippen molar-refractivity contribution in [2.24, 2.45) is 4.99 Å². The number of carbonyl (C=O) groups is 1. The predicted molar refractivity (Wildman–Crippen MR) is 91.4 cm³/mol. The molecule has 0 bridgehead atoms. The maximum absolute atomic E-state index is 12.7. The number of para-hydroxylation sites is 1. The molecule has 1 heterocycles. The number of nitrogens with zero attached hydrogens (tertiary/aromatic N) is 1. The Bertz CT molecular complexity index is 906. The smallest absolute Gasteiger partial charge is 0.387 e. The first-order valence-corrected chi connectivity index (χ1v) is 7.69. The number of hydrogen-bond donors (Lipinski definition) is 0. The third kappa shape index (κ3) is 3.72. The van der Waals surface area contributed by atoms with Crippen LogP contribution < -0.4 is 9.47 Å². The predicted octanol–water partition coefficient (Wildman–Crippen LogP) is 3.95. The van der Waals surface area contributed by atoms with Gasteiger partial charge in [-0.1, -0.05) is 29.8 Å². The Labute approximate surface area is 148 Å². The van der Waals surface area contributed by atoms with Crippen LogP contribution in [0.3, 0.4) is 0 Å². The molecule has 0 fully saturated rings. The summed E-state index contributed by atoms with van der Waals surface area (Å²) in [7, 11) is 1.34. The molecule has 1 aliphatic rings. The van der Waals surface area contributed by atoms with E-state index < -0.39 is 12.6 Å². The van der Waals surface area contributed by atoms with Crippen LogP contribution in [0, 0.1) is 6.92 Å². The normalized spacial score (nSPS) is 15.2. The molecule has 0 radical (unpaired) electrons. The second-order valence-electron chi connectivity index (χ2n) is 5.46. The topological polar surface area (TPSA) is 57.1 Å². The maximum atomic E-state index is 12.7. The van der Waals surface area contributed by atoms with Crippen molar-refractivity contribution in [3.05, 3.63) is 64.9 Å². The molecule has 0 saturated carbocycles. The highest BCUT2D eigenvalue weighted by molar-refractivity contribution is 6.13. The van der Waals surface area contributed by atoms with Crippen LogP contribution in [0.5, 0.6) is 11.5 Å². The molecule has 0 atom stereocenters. The average Bonchev–Trinajstić information content (AvgIpc) is 2.97. The minimum atomic E-state index is -3.04. The van der Waals surface area contributed by atoms with E-state index in [4.69, 9.17) is 9.47 Å². The Morgan fingerprint density at radius 3 is 2.65 bits per heavy atom. The van der Waals surface area contributed by atoms with Gasteiger partial charge in [0.05, 0.1) is 7.11 Å². The van der Waals surface area contributed by atoms with Crippen LogP contribution in [-0.2, 0) is 9.53 Å². The number of benzene rings is 2. The summed E-state index contributed by atoms with van der Waals surface area (Å²) in [6.45, 7) is -1.13. The number of methoxy groups -OCH3 is 1. The number of carbonyl (C=O) groups excluding carboxylic acids is 1. The van der Waals surface area contributed by atoms with Crippen LogP contribution in [0.1, 0.15) is 16.7 Å². The highest BCUT2D eigenvalue weighted by Gasteiger charge is 2.25. The van der Waals surface area contributed by atoms with Gasteiger partial charge in [-0.15, -0.1) is 0 Å². The molecule has 0 N–H and O–H groups in total. The fourth-order valence-electron chi connectivity index (χ4n) is 2.48. The minimum Gasteiger partial charge on any atom is -0.493 e. The van der Waals surface area contributed by atoms with Gasteiger partial charge in [0.25, 0.3) is 0 Å². The van der Waals surface area contributed by atoms with E-state index in [1.165, 1.54) is 25.3 Å². The lowest BCUT2D eigenvalue weighted by molar-refractivity contribution is -0.129. The molecule has 26 heavy (non-hydrogen) atoms. The van der Waals surface area contributed by atoms with E-state index in [0.717, 1.165) is 5.56 Å². The first-order valence-electron chi connectivity index (χ1n) is 7.69. The van der Waals surface area contributed by atoms with Crippen molar-refractivity contribution in [1.29, 1.82) is 0 Å². The van der Waals surface area contributed by atoms with Gasteiger partial charge in [0, 0.05) is 11.1 Å². The lowest BCUT2D eigenvalue weighted by atomic mass is 10.1. The third-order valence-corrected chi connectivity index (χ3v) is 3.61. The van der Waals surface area contributed by atoms with Crippen molar-refractivity contribution in [3.8, 4) is 11.5 Å². The Morgan fingerprint density at radius 1 is 1.19 bits per heavy atom. The molecular formula is C19H15F2NO4. The zero-order valence-corrected chi connectivity index (χ0v) is 14.0. The highest BCUT2D eigenvalue weighted by Crippen LogP contribution is 2.34. The number of hydrogen-bond acceptors (Lipinski definition) is 5. The first-order chi connectivity index (χ1) is 12.5. The second kappa shape index (κ2) is 7.35. The Balaban J connectivity index is 2.01. The number of rotatable bonds is 5. The molecule has 3 rings (SSSR count). The van der Waals surface area contributed by atoms with Crippen LogP contribution >= 0.6 is 0 Å². The van der Waals surface area contributed by atoms with Crippen LogP contribution in [-0.4, -0.2) is 25.6 Å². The van der Waals surface area contributed by atoms with Crippen LogP contribution in [0.25, 0.3) is 6.08 Å². The summed E-state index contributed by atoms with van der Waals surface area (Å²) >= 11 is 0. The molecule has 0 aromatic heterocycles. The zero-order valence-electron chi connectivity index (χ0n) is 14.0. The van der Waals surface area contributed by atoms with Gasteiger partial charge in [-0.3, -0.25) is 0 Å². The summed E-state index contributed by atoms with van der Waals surface area (Å²) in [6.07, 6.45) is 1.32. The minimum absolute atomic E-state index is 0.0196. The van der Waals surface area contributed by atoms with Gasteiger partial charge in [0.15, 0.2) is 17.2 Å². The molecule has 0 saturated heterocycles. The summed E-state index contributed by atoms with van der Waals surface area (Å²) in [4.78, 5) is 16.3. The van der Waals surface area contributed by atoms with Gasteiger partial charge in [0.1, 0.15) is 0 Å². The first kappa shape index (κ1) is 17.6. The van der Waals surface area contributed by atoms with Gasteiger partial charge >= 0.3 is 12.6 Å². The Kier molecular flexibility index (Phi) is 4.97. The maximum Gasteiger partial charge on any atom is 0.387 e. The molecule has 5 nitrogen and oxygen atoms in total. The van der Waals surface area contributed by atoms with Crippen molar-refractivity contribution in [2.75, 3.05) is 7.11 Å². The molecule has 7 heteroatoms. The van der Waals surface area contributed by atoms with Crippen LogP contribution in [0.2, 0.25) is 0 Å². The third-order valence-electron chi connectivity index (χ3n) is 3.61. The van der Waals surface area contributed by atoms with E-state index in [2.05, 4.69) is 9.73 Å². The fraction of sp³-hybridized carbons (Fsp3) is 0.158. The molecular weight excluding hydrogens is 344 g/mol. The monoisotopic (exact) mass is 359 g/mol. The molecule has 2 aromatic carbocycles. The van der Waals surface area contributed by atoms with E-state index >= 15 is 0 Å². The SMILES string of the molecule is COc1cccc(C=C2N=C(c3cccc(C)c3)OC2=O)c1OC(F)F. The highest BCUT2D eigenvalue weighted by atomic mass is 19.3. The number of aliphatic imine (C=N–C) groups is 1. The van der Waals surface area contributed by atoms with Gasteiger partial charge in [-0.05, 0) is 31.2 Å². The number of aryl methyl sites for hydroxylation is 1. The lowest BCUT2D eigenvalue weighted by Crippen LogP contribution is -2.06. The van der Waals surface area contributed by atoms with E-state index in [9.17, 15) is 13.6 Å². The summed E-state index contributed by atoms with van der Waals surface area (Å²) in [5.41, 5.74) is 1.84. The van der Waals surface area contributed by atoms with E-state index in [-0.39, 0.29) is 28.7 Å². The molecule has 1 aliphatic heterocycles. The number of cyclic esters (lactones) is 1. The standard InChI is InChI=1S/C19H15F2NO4/c1-11-5-3-7-13(9-11)17-22-14(18(23)26-17)10-12-6-4-8-15(24-2)16(12)25-19(20)21/h3-10,19H,1-2H3. The van der Waals surface area contributed by atoms with E-state index in [1.54, 1.807) is 12.1 Å². The number of halogens is 2. The zero-order chi connectivity index (χ0) is 18.7. The van der Waals surface area contributed by atoms with Crippen molar-refractivity contribution >= 4 is 17.9 Å². The largest absolute Gasteiger partial charge is 0.493 e. The van der Waals surface area contributed by atoms with E-state index in [1.807, 2.05) is 25.1 Å². The Hall–Kier alpha value is -3.22. The van der Waals surface area contributed by atoms with Crippen LogP contribution in [0.4, 0.5) is 8.78 Å². The summed E-state index contributed by atoms with van der Waals surface area (Å²) in [5.74, 6) is -0.574. The van der Waals surface area contributed by atoms with E-state index in [0.29, 0.717) is 5.56 Å². The van der Waals surface area contributed by atoms with Crippen molar-refractivity contribution < 1.29 is 27.8 Å². The average molecular weight is 359 g/mol. The number of alkyl halides is 2. The van der Waals surface area contributed by atoms with Crippen molar-refractivity contribution in [2.45, 2.75) is 13.5 Å². The summed E-state index contributed by atoms with van der Waals surface area (Å²) in [5, 5.41) is 0. The molecule has 134 valence electrons. The van der Waals surface area contributed by atoms with Gasteiger partial charge in [0.2, 0.25) is 5.90 Å². The lowest BCUT2D eigenvalue weighted by Gasteiger charge is -2.12. The van der Waals surface area contributed by atoms with Gasteiger partial charge < -0.3 is 14.2 Å². The molecule has 0 amide bonds. The number of ether oxygens (including phenoxy) is 3. The number of esters is 1. The molecule has 0 aliphatic carbocycles. The summed E-state index contributed by atoms with van der Waals surface area (Å²) < 4.78 is 40.2. The summed E-state index contributed by atoms with van der Waals surface area (Å²) in [6, 6.07) is 11.9. The van der Waals surface area contributed by atoms with Gasteiger partial charge in [-0.2, -0.15) is 8.78 Å².